The van der Waals surface area contributed by atoms with Crippen molar-refractivity contribution in [2.24, 2.45) is 5.73 Å². The van der Waals surface area contributed by atoms with E-state index in [1.54, 1.807) is 6.20 Å². The highest BCUT2D eigenvalue weighted by Gasteiger charge is 2.23. The van der Waals surface area contributed by atoms with Crippen molar-refractivity contribution in [2.45, 2.75) is 50.7 Å². The van der Waals surface area contributed by atoms with E-state index in [9.17, 15) is 9.59 Å². The Kier molecular flexibility index (Phi) is 5.48. The molecule has 0 radical (unpaired) electrons. The lowest BCUT2D eigenvalue weighted by molar-refractivity contribution is -0.125. The minimum atomic E-state index is -0.446. The number of nitrogens with zero attached hydrogens (tertiary/aromatic N) is 1. The minimum absolute atomic E-state index is 0.0983. The molecule has 6 heteroatoms. The van der Waals surface area contributed by atoms with Crippen LogP contribution < -0.4 is 15.8 Å². The van der Waals surface area contributed by atoms with Crippen LogP contribution in [0.25, 0.3) is 10.9 Å². The summed E-state index contributed by atoms with van der Waals surface area (Å²) < 4.78 is 6.09. The summed E-state index contributed by atoms with van der Waals surface area (Å²) in [5, 5.41) is 4.04. The number of ether oxygens (including phenoxy) is 1. The number of hydrogen-bond acceptors (Lipinski definition) is 4. The van der Waals surface area contributed by atoms with Crippen LogP contribution in [0.15, 0.2) is 36.5 Å². The summed E-state index contributed by atoms with van der Waals surface area (Å²) in [5.41, 5.74) is 6.02. The first kappa shape index (κ1) is 17.2. The molecule has 1 fully saturated rings. The van der Waals surface area contributed by atoms with Gasteiger partial charge in [-0.3, -0.25) is 14.6 Å². The minimum Gasteiger partial charge on any atom is -0.490 e. The van der Waals surface area contributed by atoms with Crippen molar-refractivity contribution in [2.75, 3.05) is 0 Å². The zero-order chi connectivity index (χ0) is 17.6. The molecule has 2 aromatic rings. The average Bonchev–Trinajstić information content (AvgIpc) is 2.61. The number of primary amides is 1. The van der Waals surface area contributed by atoms with Gasteiger partial charge in [0.1, 0.15) is 5.75 Å². The maximum atomic E-state index is 11.8. The summed E-state index contributed by atoms with van der Waals surface area (Å²) in [6.07, 6.45) is 5.75. The topological polar surface area (TPSA) is 94.3 Å². The highest BCUT2D eigenvalue weighted by atomic mass is 16.5. The third-order valence-corrected chi connectivity index (χ3v) is 4.51. The lowest BCUT2D eigenvalue weighted by atomic mass is 9.92. The molecule has 2 amide bonds. The molecule has 0 unspecified atom stereocenters. The number of nitrogens with one attached hydrogen (secondary N) is 1. The maximum Gasteiger partial charge on any atom is 0.220 e. The van der Waals surface area contributed by atoms with Crippen molar-refractivity contribution in [1.29, 1.82) is 0 Å². The Hall–Kier alpha value is -2.63. The highest BCUT2D eigenvalue weighted by Crippen LogP contribution is 2.26. The molecule has 3 rings (SSSR count). The van der Waals surface area contributed by atoms with E-state index in [0.717, 1.165) is 42.3 Å². The summed E-state index contributed by atoms with van der Waals surface area (Å²) in [4.78, 5) is 26.8. The monoisotopic (exact) mass is 341 g/mol. The van der Waals surface area contributed by atoms with E-state index in [0.29, 0.717) is 0 Å². The van der Waals surface area contributed by atoms with Gasteiger partial charge in [-0.25, -0.2) is 0 Å². The second-order valence-electron chi connectivity index (χ2n) is 6.48. The molecule has 1 saturated carbocycles. The number of benzene rings is 1. The Morgan fingerprint density at radius 2 is 1.96 bits per heavy atom. The predicted molar refractivity (Wildman–Crippen MR) is 95.0 cm³/mol. The number of amides is 2. The van der Waals surface area contributed by atoms with Gasteiger partial charge in [0.25, 0.3) is 0 Å². The highest BCUT2D eigenvalue weighted by molar-refractivity contribution is 5.83. The molecule has 0 bridgehead atoms. The molecule has 0 aliphatic heterocycles. The molecule has 1 aromatic heterocycles. The number of rotatable bonds is 6. The van der Waals surface area contributed by atoms with E-state index < -0.39 is 5.91 Å². The fourth-order valence-corrected chi connectivity index (χ4v) is 3.18. The van der Waals surface area contributed by atoms with Crippen LogP contribution in [0, 0.1) is 0 Å². The molecule has 0 saturated heterocycles. The zero-order valence-electron chi connectivity index (χ0n) is 14.1. The molecule has 0 spiro atoms. The molecule has 132 valence electrons. The number of nitrogens with two attached hydrogens (primary N) is 1. The van der Waals surface area contributed by atoms with E-state index in [1.807, 2.05) is 30.3 Å². The zero-order valence-corrected chi connectivity index (χ0v) is 14.1. The van der Waals surface area contributed by atoms with Crippen LogP contribution in [0.1, 0.15) is 38.5 Å². The smallest absolute Gasteiger partial charge is 0.220 e. The summed E-state index contributed by atoms with van der Waals surface area (Å²) >= 11 is 0. The fourth-order valence-electron chi connectivity index (χ4n) is 3.18. The second kappa shape index (κ2) is 7.96. The number of hydrogen-bond donors (Lipinski definition) is 2. The largest absolute Gasteiger partial charge is 0.490 e. The van der Waals surface area contributed by atoms with Crippen LogP contribution >= 0.6 is 0 Å². The molecular formula is C19H23N3O3. The maximum absolute atomic E-state index is 11.8. The first-order chi connectivity index (χ1) is 12.1. The van der Waals surface area contributed by atoms with Crippen LogP contribution in [0.4, 0.5) is 0 Å². The van der Waals surface area contributed by atoms with Crippen molar-refractivity contribution >= 4 is 22.7 Å². The van der Waals surface area contributed by atoms with Gasteiger partial charge in [-0.05, 0) is 49.9 Å². The molecule has 1 aromatic carbocycles. The van der Waals surface area contributed by atoms with Crippen LogP contribution in [-0.4, -0.2) is 28.9 Å². The van der Waals surface area contributed by atoms with E-state index in [4.69, 9.17) is 10.5 Å². The lowest BCUT2D eigenvalue weighted by Gasteiger charge is -2.29. The quantitative estimate of drug-likeness (QED) is 0.843. The first-order valence-electron chi connectivity index (χ1n) is 8.69. The van der Waals surface area contributed by atoms with Gasteiger partial charge < -0.3 is 15.8 Å². The molecule has 1 heterocycles. The van der Waals surface area contributed by atoms with E-state index in [-0.39, 0.29) is 30.9 Å². The number of carbonyl (C=O) groups excluding carboxylic acids is 2. The second-order valence-corrected chi connectivity index (χ2v) is 6.48. The SMILES string of the molecule is NC(=O)CCC(=O)NC1CCC(Oc2ccc3ncccc3c2)CC1. The van der Waals surface area contributed by atoms with Crippen molar-refractivity contribution in [3.05, 3.63) is 36.5 Å². The van der Waals surface area contributed by atoms with Gasteiger partial charge in [0.05, 0.1) is 11.6 Å². The van der Waals surface area contributed by atoms with Gasteiger partial charge in [-0.1, -0.05) is 6.07 Å². The normalized spacial score (nSPS) is 20.2. The van der Waals surface area contributed by atoms with Crippen molar-refractivity contribution < 1.29 is 14.3 Å². The van der Waals surface area contributed by atoms with E-state index in [1.165, 1.54) is 0 Å². The van der Waals surface area contributed by atoms with Gasteiger partial charge in [-0.15, -0.1) is 0 Å². The Balaban J connectivity index is 1.47. The van der Waals surface area contributed by atoms with Crippen molar-refractivity contribution in [3.63, 3.8) is 0 Å². The fraction of sp³-hybridized carbons (Fsp3) is 0.421. The third-order valence-electron chi connectivity index (χ3n) is 4.51. The Morgan fingerprint density at radius 3 is 2.72 bits per heavy atom. The van der Waals surface area contributed by atoms with Crippen molar-refractivity contribution in [1.82, 2.24) is 10.3 Å². The van der Waals surface area contributed by atoms with Crippen LogP contribution in [0.5, 0.6) is 5.75 Å². The summed E-state index contributed by atoms with van der Waals surface area (Å²) in [7, 11) is 0. The van der Waals surface area contributed by atoms with E-state index >= 15 is 0 Å². The van der Waals surface area contributed by atoms with E-state index in [2.05, 4.69) is 10.3 Å². The lowest BCUT2D eigenvalue weighted by Crippen LogP contribution is -2.39. The number of pyridine rings is 1. The molecule has 25 heavy (non-hydrogen) atoms. The first-order valence-corrected chi connectivity index (χ1v) is 8.69. The Morgan fingerprint density at radius 1 is 1.16 bits per heavy atom. The number of fused-ring (bicyclic) bond motifs is 1. The van der Waals surface area contributed by atoms with Gasteiger partial charge >= 0.3 is 0 Å². The van der Waals surface area contributed by atoms with Gasteiger partial charge in [0.15, 0.2) is 0 Å². The average molecular weight is 341 g/mol. The molecule has 1 aliphatic carbocycles. The molecular weight excluding hydrogens is 318 g/mol. The molecule has 6 nitrogen and oxygen atoms in total. The number of aromatic nitrogens is 1. The van der Waals surface area contributed by atoms with Crippen LogP contribution in [-0.2, 0) is 9.59 Å². The van der Waals surface area contributed by atoms with Gasteiger partial charge in [0.2, 0.25) is 11.8 Å². The predicted octanol–water partition coefficient (Wildman–Crippen LogP) is 2.31. The molecule has 1 aliphatic rings. The van der Waals surface area contributed by atoms with Crippen LogP contribution in [0.3, 0.4) is 0 Å². The summed E-state index contributed by atoms with van der Waals surface area (Å²) in [6, 6.07) is 10.0. The molecule has 0 atom stereocenters. The summed E-state index contributed by atoms with van der Waals surface area (Å²) in [6.45, 7) is 0. The van der Waals surface area contributed by atoms with Gasteiger partial charge in [-0.2, -0.15) is 0 Å². The molecule has 3 N–H and O–H groups in total. The Bertz CT molecular complexity index is 754. The van der Waals surface area contributed by atoms with Gasteiger partial charge in [0, 0.05) is 30.5 Å². The number of carbonyl (C=O) groups is 2. The summed E-state index contributed by atoms with van der Waals surface area (Å²) in [5.74, 6) is 0.303. The van der Waals surface area contributed by atoms with Crippen LogP contribution in [0.2, 0.25) is 0 Å². The van der Waals surface area contributed by atoms with Crippen molar-refractivity contribution in [3.8, 4) is 5.75 Å². The Labute approximate surface area is 146 Å². The third kappa shape index (κ3) is 4.92. The standard InChI is InChI=1S/C19H23N3O3/c20-18(23)9-10-19(24)22-14-3-5-15(6-4-14)25-16-7-8-17-13(12-16)2-1-11-21-17/h1-2,7-8,11-12,14-15H,3-6,9-10H2,(H2,20,23)(H,22,24).